The normalized spacial score (nSPS) is 12.8. The van der Waals surface area contributed by atoms with Crippen molar-refractivity contribution in [3.63, 3.8) is 0 Å². The van der Waals surface area contributed by atoms with Gasteiger partial charge in [-0.05, 0) is 42.8 Å². The van der Waals surface area contributed by atoms with Crippen molar-refractivity contribution in [3.8, 4) is 0 Å². The highest BCUT2D eigenvalue weighted by Gasteiger charge is 2.28. The molecule has 1 amide bonds. The maximum absolute atomic E-state index is 12.8. The number of pyridine rings is 1. The highest BCUT2D eigenvalue weighted by Crippen LogP contribution is 2.14. The second-order valence-corrected chi connectivity index (χ2v) is 8.33. The highest BCUT2D eigenvalue weighted by atomic mass is 35.5. The van der Waals surface area contributed by atoms with E-state index in [0.29, 0.717) is 0 Å². The molecule has 1 aromatic heterocycles. The summed E-state index contributed by atoms with van der Waals surface area (Å²) >= 11 is 0. The van der Waals surface area contributed by atoms with E-state index in [1.165, 1.54) is 37.4 Å². The Bertz CT molecular complexity index is 1110. The number of sulfonamides is 1. The Labute approximate surface area is 185 Å². The number of oxime groups is 1. The standard InChI is InChI=1S/C18H24N6O5S.ClH/c1-11-5-3-7-14(9-11)30(27,28)22-10-13-6-4-8-24(17(13)26)15(16(19)25)12(2)29-23-18(20)21;/h3-9,12,15,22H,10H2,1-2H3,(H2,19,25)(H4,20,21,23);1H. The summed E-state index contributed by atoms with van der Waals surface area (Å²) in [4.78, 5) is 29.9. The van der Waals surface area contributed by atoms with Crippen LogP contribution in [0.15, 0.2) is 57.4 Å². The second-order valence-electron chi connectivity index (χ2n) is 6.56. The van der Waals surface area contributed by atoms with Gasteiger partial charge in [0.2, 0.25) is 21.9 Å². The van der Waals surface area contributed by atoms with E-state index in [1.54, 1.807) is 19.1 Å². The molecule has 0 aliphatic rings. The van der Waals surface area contributed by atoms with Crippen LogP contribution in [0.2, 0.25) is 0 Å². The van der Waals surface area contributed by atoms with E-state index in [2.05, 4.69) is 9.88 Å². The van der Waals surface area contributed by atoms with Crippen LogP contribution in [0, 0.1) is 6.92 Å². The third kappa shape index (κ3) is 6.70. The SMILES string of the molecule is Cc1cccc(S(=O)(=O)NCc2cccn(C(C(N)=O)C(C)ON=C(N)N)c2=O)c1.Cl. The fraction of sp³-hybridized carbons (Fsp3) is 0.278. The van der Waals surface area contributed by atoms with Crippen LogP contribution < -0.4 is 27.5 Å². The Morgan fingerprint density at radius 2 is 1.90 bits per heavy atom. The van der Waals surface area contributed by atoms with Crippen LogP contribution in [-0.4, -0.2) is 31.0 Å². The van der Waals surface area contributed by atoms with E-state index < -0.39 is 33.6 Å². The minimum Gasteiger partial charge on any atom is -0.387 e. The predicted octanol–water partition coefficient (Wildman–Crippen LogP) is -0.323. The highest BCUT2D eigenvalue weighted by molar-refractivity contribution is 7.89. The third-order valence-corrected chi connectivity index (χ3v) is 5.56. The molecule has 0 bridgehead atoms. The van der Waals surface area contributed by atoms with Crippen LogP contribution in [0.25, 0.3) is 0 Å². The maximum Gasteiger partial charge on any atom is 0.255 e. The molecule has 1 heterocycles. The van der Waals surface area contributed by atoms with Crippen molar-refractivity contribution in [1.29, 1.82) is 0 Å². The van der Waals surface area contributed by atoms with Crippen LogP contribution in [0.5, 0.6) is 0 Å². The van der Waals surface area contributed by atoms with Crippen molar-refractivity contribution < 1.29 is 18.0 Å². The van der Waals surface area contributed by atoms with Gasteiger partial charge in [0, 0.05) is 18.3 Å². The first-order chi connectivity index (χ1) is 14.0. The average Bonchev–Trinajstić information content (AvgIpc) is 2.66. The van der Waals surface area contributed by atoms with Crippen LogP contribution in [0.1, 0.15) is 24.1 Å². The molecule has 2 unspecified atom stereocenters. The van der Waals surface area contributed by atoms with E-state index in [0.717, 1.165) is 10.1 Å². The molecule has 0 saturated heterocycles. The lowest BCUT2D eigenvalue weighted by Crippen LogP contribution is -2.42. The van der Waals surface area contributed by atoms with Gasteiger partial charge in [-0.15, -0.1) is 12.4 Å². The summed E-state index contributed by atoms with van der Waals surface area (Å²) < 4.78 is 28.4. The molecule has 11 nitrogen and oxygen atoms in total. The summed E-state index contributed by atoms with van der Waals surface area (Å²) in [5.41, 5.74) is 16.1. The molecule has 2 aromatic rings. The number of aromatic nitrogens is 1. The molecule has 2 rings (SSSR count). The fourth-order valence-corrected chi connectivity index (χ4v) is 3.86. The Kier molecular flexibility index (Phi) is 9.03. The Balaban J connectivity index is 0.00000480. The molecule has 170 valence electrons. The van der Waals surface area contributed by atoms with Crippen molar-refractivity contribution in [2.24, 2.45) is 22.4 Å². The van der Waals surface area contributed by atoms with Gasteiger partial charge >= 0.3 is 0 Å². The number of hydrogen-bond donors (Lipinski definition) is 4. The maximum atomic E-state index is 12.8. The fourth-order valence-electron chi connectivity index (χ4n) is 2.75. The zero-order valence-electron chi connectivity index (χ0n) is 16.9. The Hall–Kier alpha value is -3.09. The van der Waals surface area contributed by atoms with Gasteiger partial charge in [0.1, 0.15) is 0 Å². The van der Waals surface area contributed by atoms with Crippen molar-refractivity contribution >= 4 is 34.3 Å². The quantitative estimate of drug-likeness (QED) is 0.218. The summed E-state index contributed by atoms with van der Waals surface area (Å²) in [7, 11) is -3.84. The van der Waals surface area contributed by atoms with Gasteiger partial charge in [0.25, 0.3) is 5.56 Å². The summed E-state index contributed by atoms with van der Waals surface area (Å²) in [6.45, 7) is 2.94. The molecule has 0 saturated carbocycles. The van der Waals surface area contributed by atoms with E-state index in [-0.39, 0.29) is 35.4 Å². The van der Waals surface area contributed by atoms with Gasteiger partial charge in [0.15, 0.2) is 12.1 Å². The Morgan fingerprint density at radius 3 is 2.48 bits per heavy atom. The van der Waals surface area contributed by atoms with Gasteiger partial charge < -0.3 is 22.0 Å². The zero-order chi connectivity index (χ0) is 22.5. The molecule has 13 heteroatoms. The summed E-state index contributed by atoms with van der Waals surface area (Å²) in [6.07, 6.45) is 0.368. The largest absolute Gasteiger partial charge is 0.387 e. The molecule has 0 fully saturated rings. The van der Waals surface area contributed by atoms with Crippen LogP contribution in [0.3, 0.4) is 0 Å². The minimum absolute atomic E-state index is 0. The van der Waals surface area contributed by atoms with Crippen molar-refractivity contribution in [2.75, 3.05) is 0 Å². The van der Waals surface area contributed by atoms with Crippen LogP contribution >= 0.6 is 12.4 Å². The lowest BCUT2D eigenvalue weighted by atomic mass is 10.1. The average molecular weight is 473 g/mol. The van der Waals surface area contributed by atoms with Crippen LogP contribution in [-0.2, 0) is 26.2 Å². The number of nitrogens with two attached hydrogens (primary N) is 3. The van der Waals surface area contributed by atoms with Gasteiger partial charge in [0.05, 0.1) is 4.90 Å². The number of hydrogen-bond acceptors (Lipinski definition) is 6. The molecule has 0 aliphatic heterocycles. The number of rotatable bonds is 9. The lowest BCUT2D eigenvalue weighted by Gasteiger charge is -2.22. The molecular formula is C18H25ClN6O5S. The second kappa shape index (κ2) is 10.8. The number of carbonyl (C=O) groups is 1. The topological polar surface area (TPSA) is 185 Å². The monoisotopic (exact) mass is 472 g/mol. The van der Waals surface area contributed by atoms with Gasteiger partial charge in [-0.2, -0.15) is 0 Å². The number of amides is 1. The summed E-state index contributed by atoms with van der Waals surface area (Å²) in [5.74, 6) is -1.22. The number of aryl methyl sites for hydroxylation is 1. The number of carbonyl (C=O) groups excluding carboxylic acids is 1. The molecule has 7 N–H and O–H groups in total. The van der Waals surface area contributed by atoms with Crippen LogP contribution in [0.4, 0.5) is 0 Å². The van der Waals surface area contributed by atoms with Crippen molar-refractivity contribution in [3.05, 3.63) is 64.1 Å². The number of primary amides is 1. The molecular weight excluding hydrogens is 448 g/mol. The zero-order valence-corrected chi connectivity index (χ0v) is 18.5. The van der Waals surface area contributed by atoms with E-state index in [9.17, 15) is 18.0 Å². The first kappa shape index (κ1) is 25.9. The Morgan fingerprint density at radius 1 is 1.23 bits per heavy atom. The summed E-state index contributed by atoms with van der Waals surface area (Å²) in [5, 5.41) is 3.37. The third-order valence-electron chi connectivity index (χ3n) is 4.17. The van der Waals surface area contributed by atoms with Gasteiger partial charge in [-0.1, -0.05) is 18.2 Å². The number of nitrogens with zero attached hydrogens (tertiary/aromatic N) is 2. The predicted molar refractivity (Wildman–Crippen MR) is 118 cm³/mol. The number of halogens is 1. The van der Waals surface area contributed by atoms with Gasteiger partial charge in [-0.3, -0.25) is 14.2 Å². The number of benzene rings is 1. The van der Waals surface area contributed by atoms with Crippen molar-refractivity contribution in [1.82, 2.24) is 9.29 Å². The van der Waals surface area contributed by atoms with E-state index >= 15 is 0 Å². The lowest BCUT2D eigenvalue weighted by molar-refractivity contribution is -0.125. The first-order valence-electron chi connectivity index (χ1n) is 8.83. The molecule has 0 aliphatic carbocycles. The molecule has 0 radical (unpaired) electrons. The minimum atomic E-state index is -3.84. The van der Waals surface area contributed by atoms with Crippen molar-refractivity contribution in [2.45, 2.75) is 37.4 Å². The summed E-state index contributed by atoms with van der Waals surface area (Å²) in [6, 6.07) is 8.05. The molecule has 2 atom stereocenters. The number of nitrogens with one attached hydrogen (secondary N) is 1. The molecule has 31 heavy (non-hydrogen) atoms. The first-order valence-corrected chi connectivity index (χ1v) is 10.3. The molecule has 0 spiro atoms. The van der Waals surface area contributed by atoms with E-state index in [4.69, 9.17) is 22.0 Å². The number of guanidine groups is 1. The van der Waals surface area contributed by atoms with Gasteiger partial charge in [-0.25, -0.2) is 13.1 Å². The van der Waals surface area contributed by atoms with E-state index in [1.807, 2.05) is 0 Å². The molecule has 1 aromatic carbocycles. The smallest absolute Gasteiger partial charge is 0.255 e.